The van der Waals surface area contributed by atoms with Crippen LogP contribution in [0.1, 0.15) is 43.5 Å². The first-order valence-corrected chi connectivity index (χ1v) is 9.16. The Balaban J connectivity index is 1.43. The molecule has 1 saturated carbocycles. The van der Waals surface area contributed by atoms with Crippen LogP contribution in [-0.4, -0.2) is 37.1 Å². The molecule has 0 spiro atoms. The van der Waals surface area contributed by atoms with Gasteiger partial charge in [0.25, 0.3) is 5.91 Å². The van der Waals surface area contributed by atoms with E-state index in [9.17, 15) is 9.59 Å². The van der Waals surface area contributed by atoms with E-state index in [1.807, 2.05) is 5.38 Å². The molecule has 3 atom stereocenters. The average molecular weight is 336 g/mol. The highest BCUT2D eigenvalue weighted by Crippen LogP contribution is 2.51. The minimum absolute atomic E-state index is 0.00211. The molecule has 6 heteroatoms. The SMILES string of the molecule is CC1(C)[C@H](NC(=O)CCNC(=O)c2ccsc2)[C@H]2CCCO[C@@H]21. The van der Waals surface area contributed by atoms with Crippen LogP contribution in [-0.2, 0) is 9.53 Å². The highest BCUT2D eigenvalue weighted by molar-refractivity contribution is 7.08. The Morgan fingerprint density at radius 1 is 1.43 bits per heavy atom. The second-order valence-electron chi connectivity index (χ2n) is 6.98. The van der Waals surface area contributed by atoms with Gasteiger partial charge in [0, 0.05) is 47.9 Å². The maximum Gasteiger partial charge on any atom is 0.252 e. The molecule has 1 aromatic heterocycles. The molecule has 2 aliphatic rings. The van der Waals surface area contributed by atoms with Crippen LogP contribution in [0.5, 0.6) is 0 Å². The Kier molecular flexibility index (Phi) is 4.73. The van der Waals surface area contributed by atoms with E-state index in [4.69, 9.17) is 4.74 Å². The molecule has 0 bridgehead atoms. The van der Waals surface area contributed by atoms with Crippen molar-refractivity contribution in [2.45, 2.75) is 45.3 Å². The molecule has 0 radical (unpaired) electrons. The number of nitrogens with one attached hydrogen (secondary N) is 2. The summed E-state index contributed by atoms with van der Waals surface area (Å²) in [5.41, 5.74) is 0.637. The number of rotatable bonds is 5. The molecule has 23 heavy (non-hydrogen) atoms. The van der Waals surface area contributed by atoms with Gasteiger partial charge in [0.15, 0.2) is 0 Å². The molecular weight excluding hydrogens is 312 g/mol. The fraction of sp³-hybridized carbons (Fsp3) is 0.647. The molecule has 3 rings (SSSR count). The number of ether oxygens (including phenoxy) is 1. The summed E-state index contributed by atoms with van der Waals surface area (Å²) in [6.45, 7) is 5.50. The largest absolute Gasteiger partial charge is 0.377 e. The number of fused-ring (bicyclic) bond motifs is 1. The van der Waals surface area contributed by atoms with Crippen LogP contribution in [0.3, 0.4) is 0 Å². The number of amides is 2. The van der Waals surface area contributed by atoms with Crippen molar-refractivity contribution >= 4 is 23.2 Å². The Morgan fingerprint density at radius 3 is 3.00 bits per heavy atom. The second-order valence-corrected chi connectivity index (χ2v) is 7.76. The first-order chi connectivity index (χ1) is 11.0. The summed E-state index contributed by atoms with van der Waals surface area (Å²) in [5.74, 6) is 0.310. The molecule has 1 aliphatic carbocycles. The van der Waals surface area contributed by atoms with Crippen molar-refractivity contribution in [2.75, 3.05) is 13.2 Å². The summed E-state index contributed by atoms with van der Waals surface area (Å²) in [7, 11) is 0. The van der Waals surface area contributed by atoms with Crippen molar-refractivity contribution < 1.29 is 14.3 Å². The van der Waals surface area contributed by atoms with Gasteiger partial charge >= 0.3 is 0 Å². The third-order valence-electron chi connectivity index (χ3n) is 5.07. The summed E-state index contributed by atoms with van der Waals surface area (Å²) >= 11 is 1.48. The van der Waals surface area contributed by atoms with Crippen molar-refractivity contribution in [3.8, 4) is 0 Å². The lowest BCUT2D eigenvalue weighted by Gasteiger charge is -2.59. The van der Waals surface area contributed by atoms with Gasteiger partial charge in [0.05, 0.1) is 6.10 Å². The van der Waals surface area contributed by atoms with Gasteiger partial charge < -0.3 is 15.4 Å². The van der Waals surface area contributed by atoms with Gasteiger partial charge in [0.2, 0.25) is 5.91 Å². The number of carbonyl (C=O) groups is 2. The lowest BCUT2D eigenvalue weighted by atomic mass is 9.55. The van der Waals surface area contributed by atoms with Gasteiger partial charge in [-0.05, 0) is 24.3 Å². The maximum absolute atomic E-state index is 12.2. The smallest absolute Gasteiger partial charge is 0.252 e. The van der Waals surface area contributed by atoms with Gasteiger partial charge in [-0.3, -0.25) is 9.59 Å². The minimum Gasteiger partial charge on any atom is -0.377 e. The minimum atomic E-state index is -0.122. The van der Waals surface area contributed by atoms with Crippen LogP contribution in [0.4, 0.5) is 0 Å². The Bertz CT molecular complexity index is 570. The predicted octanol–water partition coefficient (Wildman–Crippen LogP) is 2.19. The predicted molar refractivity (Wildman–Crippen MR) is 89.4 cm³/mol. The molecular formula is C17H24N2O3S. The fourth-order valence-corrected chi connectivity index (χ4v) is 4.48. The standard InChI is InChI=1S/C17H24N2O3S/c1-17(2)14(12-4-3-8-22-15(12)17)19-13(20)5-7-18-16(21)11-6-9-23-10-11/h6,9-10,12,14-15H,3-5,7-8H2,1-2H3,(H,18,21)(H,19,20)/t12-,14-,15+/m1/s1. The zero-order valence-electron chi connectivity index (χ0n) is 13.6. The van der Waals surface area contributed by atoms with Crippen molar-refractivity contribution in [2.24, 2.45) is 11.3 Å². The van der Waals surface area contributed by atoms with E-state index in [-0.39, 0.29) is 29.4 Å². The van der Waals surface area contributed by atoms with E-state index < -0.39 is 0 Å². The molecule has 0 unspecified atom stereocenters. The molecule has 1 saturated heterocycles. The summed E-state index contributed by atoms with van der Waals surface area (Å²) in [5, 5.41) is 9.60. The molecule has 2 amide bonds. The van der Waals surface area contributed by atoms with Crippen LogP contribution in [0, 0.1) is 11.3 Å². The Morgan fingerprint density at radius 2 is 2.26 bits per heavy atom. The molecule has 2 heterocycles. The highest BCUT2D eigenvalue weighted by atomic mass is 32.1. The maximum atomic E-state index is 12.2. The fourth-order valence-electron chi connectivity index (χ4n) is 3.85. The Labute approximate surface area is 140 Å². The number of carbonyl (C=O) groups excluding carboxylic acids is 2. The van der Waals surface area contributed by atoms with Gasteiger partial charge in [-0.2, -0.15) is 11.3 Å². The van der Waals surface area contributed by atoms with E-state index in [0.717, 1.165) is 19.4 Å². The molecule has 5 nitrogen and oxygen atoms in total. The van der Waals surface area contributed by atoms with Crippen molar-refractivity contribution in [1.29, 1.82) is 0 Å². The summed E-state index contributed by atoms with van der Waals surface area (Å²) in [6.07, 6.45) is 2.76. The molecule has 0 aromatic carbocycles. The lowest BCUT2D eigenvalue weighted by molar-refractivity contribution is -0.193. The zero-order valence-corrected chi connectivity index (χ0v) is 14.4. The summed E-state index contributed by atoms with van der Waals surface area (Å²) < 4.78 is 5.85. The summed E-state index contributed by atoms with van der Waals surface area (Å²) in [4.78, 5) is 24.0. The monoisotopic (exact) mass is 336 g/mol. The van der Waals surface area contributed by atoms with Gasteiger partial charge in [-0.1, -0.05) is 13.8 Å². The van der Waals surface area contributed by atoms with Crippen molar-refractivity contribution in [3.63, 3.8) is 0 Å². The molecule has 126 valence electrons. The molecule has 2 N–H and O–H groups in total. The van der Waals surface area contributed by atoms with Crippen molar-refractivity contribution in [1.82, 2.24) is 10.6 Å². The van der Waals surface area contributed by atoms with Crippen molar-refractivity contribution in [3.05, 3.63) is 22.4 Å². The lowest BCUT2D eigenvalue weighted by Crippen LogP contribution is -2.70. The van der Waals surface area contributed by atoms with E-state index in [1.165, 1.54) is 11.3 Å². The number of hydrogen-bond donors (Lipinski definition) is 2. The Hall–Kier alpha value is -1.40. The molecule has 1 aliphatic heterocycles. The summed E-state index contributed by atoms with van der Waals surface area (Å²) in [6, 6.07) is 1.95. The van der Waals surface area contributed by atoms with Gasteiger partial charge in [-0.25, -0.2) is 0 Å². The van der Waals surface area contributed by atoms with E-state index in [2.05, 4.69) is 24.5 Å². The molecule has 1 aromatic rings. The van der Waals surface area contributed by atoms with E-state index in [1.54, 1.807) is 11.4 Å². The number of thiophene rings is 1. The highest BCUT2D eigenvalue weighted by Gasteiger charge is 2.58. The third kappa shape index (κ3) is 3.28. The first-order valence-electron chi connectivity index (χ1n) is 8.21. The van der Waals surface area contributed by atoms with Gasteiger partial charge in [-0.15, -0.1) is 0 Å². The van der Waals surface area contributed by atoms with Crippen LogP contribution >= 0.6 is 11.3 Å². The normalized spacial score (nSPS) is 28.3. The zero-order chi connectivity index (χ0) is 16.4. The average Bonchev–Trinajstić information content (AvgIpc) is 3.07. The van der Waals surface area contributed by atoms with E-state index >= 15 is 0 Å². The third-order valence-corrected chi connectivity index (χ3v) is 5.75. The van der Waals surface area contributed by atoms with Crippen LogP contribution in [0.2, 0.25) is 0 Å². The quantitative estimate of drug-likeness (QED) is 0.866. The topological polar surface area (TPSA) is 67.4 Å². The van der Waals surface area contributed by atoms with Gasteiger partial charge in [0.1, 0.15) is 0 Å². The molecule has 2 fully saturated rings. The van der Waals surface area contributed by atoms with Crippen LogP contribution < -0.4 is 10.6 Å². The van der Waals surface area contributed by atoms with Crippen LogP contribution in [0.25, 0.3) is 0 Å². The van der Waals surface area contributed by atoms with Crippen LogP contribution in [0.15, 0.2) is 16.8 Å². The van der Waals surface area contributed by atoms with E-state index in [0.29, 0.717) is 24.4 Å². The first kappa shape index (κ1) is 16.5. The second kappa shape index (κ2) is 6.61. The number of hydrogen-bond acceptors (Lipinski definition) is 4.